The van der Waals surface area contributed by atoms with Crippen molar-refractivity contribution in [1.29, 1.82) is 0 Å². The van der Waals surface area contributed by atoms with E-state index in [1.165, 1.54) is 0 Å². The first-order valence-corrected chi connectivity index (χ1v) is 8.57. The smallest absolute Gasteiger partial charge is 0.153 e. The zero-order valence-corrected chi connectivity index (χ0v) is 12.7. The van der Waals surface area contributed by atoms with E-state index in [4.69, 9.17) is 9.47 Å². The van der Waals surface area contributed by atoms with E-state index in [0.717, 1.165) is 5.75 Å². The molecule has 0 N–H and O–H groups in total. The van der Waals surface area contributed by atoms with E-state index < -0.39 is 9.84 Å². The van der Waals surface area contributed by atoms with E-state index in [1.807, 2.05) is 30.3 Å². The summed E-state index contributed by atoms with van der Waals surface area (Å²) in [5.74, 6) is 2.27. The molecule has 2 rings (SSSR count). The van der Waals surface area contributed by atoms with Crippen LogP contribution in [-0.4, -0.2) is 26.5 Å². The van der Waals surface area contributed by atoms with E-state index in [2.05, 4.69) is 0 Å². The molecule has 0 aliphatic heterocycles. The van der Waals surface area contributed by atoms with Gasteiger partial charge < -0.3 is 9.47 Å². The molecule has 21 heavy (non-hydrogen) atoms. The summed E-state index contributed by atoms with van der Waals surface area (Å²) in [4.78, 5) is 0. The molecule has 4 nitrogen and oxygen atoms in total. The lowest BCUT2D eigenvalue weighted by Gasteiger charge is -2.08. The van der Waals surface area contributed by atoms with Gasteiger partial charge in [-0.3, -0.25) is 0 Å². The van der Waals surface area contributed by atoms with E-state index >= 15 is 0 Å². The standard InChI is InChI=1S/C16H18O4S/c1-2-21(17,18)13-12-19-14-8-10-16(11-9-14)20-15-6-4-3-5-7-15/h3-11H,2,12-13H2,1H3. The molecule has 0 aliphatic carbocycles. The maximum absolute atomic E-state index is 11.3. The van der Waals surface area contributed by atoms with Crippen LogP contribution in [0, 0.1) is 0 Å². The topological polar surface area (TPSA) is 52.6 Å². The first-order valence-electron chi connectivity index (χ1n) is 6.75. The van der Waals surface area contributed by atoms with Crippen molar-refractivity contribution in [2.24, 2.45) is 0 Å². The van der Waals surface area contributed by atoms with Gasteiger partial charge in [0.25, 0.3) is 0 Å². The quantitative estimate of drug-likeness (QED) is 0.787. The molecular weight excluding hydrogens is 288 g/mol. The molecule has 5 heteroatoms. The zero-order valence-electron chi connectivity index (χ0n) is 11.9. The minimum absolute atomic E-state index is 0.0335. The van der Waals surface area contributed by atoms with Crippen molar-refractivity contribution in [1.82, 2.24) is 0 Å². The Labute approximate surface area is 125 Å². The van der Waals surface area contributed by atoms with Crippen LogP contribution in [0.2, 0.25) is 0 Å². The Bertz CT molecular complexity index is 648. The van der Waals surface area contributed by atoms with Gasteiger partial charge in [-0.15, -0.1) is 0 Å². The van der Waals surface area contributed by atoms with Crippen molar-refractivity contribution in [3.63, 3.8) is 0 Å². The first-order chi connectivity index (χ1) is 10.1. The Kier molecular flexibility index (Phi) is 5.22. The summed E-state index contributed by atoms with van der Waals surface area (Å²) in [7, 11) is -2.99. The zero-order chi connectivity index (χ0) is 15.1. The Balaban J connectivity index is 1.87. The number of benzene rings is 2. The number of ether oxygens (including phenoxy) is 2. The van der Waals surface area contributed by atoms with Crippen LogP contribution in [0.15, 0.2) is 54.6 Å². The Morgan fingerprint density at radius 2 is 1.43 bits per heavy atom. The third-order valence-electron chi connectivity index (χ3n) is 2.91. The highest BCUT2D eigenvalue weighted by atomic mass is 32.2. The highest BCUT2D eigenvalue weighted by Crippen LogP contribution is 2.23. The van der Waals surface area contributed by atoms with E-state index in [0.29, 0.717) is 11.5 Å². The first kappa shape index (κ1) is 15.4. The van der Waals surface area contributed by atoms with Crippen LogP contribution < -0.4 is 9.47 Å². The molecule has 0 fully saturated rings. The normalized spacial score (nSPS) is 11.1. The molecule has 0 aromatic heterocycles. The van der Waals surface area contributed by atoms with Crippen molar-refractivity contribution < 1.29 is 17.9 Å². The van der Waals surface area contributed by atoms with E-state index in [1.54, 1.807) is 31.2 Å². The van der Waals surface area contributed by atoms with Gasteiger partial charge in [0.1, 0.15) is 23.9 Å². The van der Waals surface area contributed by atoms with Gasteiger partial charge in [-0.2, -0.15) is 0 Å². The molecular formula is C16H18O4S. The highest BCUT2D eigenvalue weighted by Gasteiger charge is 2.07. The summed E-state index contributed by atoms with van der Waals surface area (Å²) >= 11 is 0. The average molecular weight is 306 g/mol. The Morgan fingerprint density at radius 3 is 2.05 bits per heavy atom. The average Bonchev–Trinajstić information content (AvgIpc) is 2.50. The molecule has 0 bridgehead atoms. The minimum Gasteiger partial charge on any atom is -0.493 e. The molecule has 0 atom stereocenters. The van der Waals surface area contributed by atoms with Gasteiger partial charge in [0.2, 0.25) is 0 Å². The van der Waals surface area contributed by atoms with Gasteiger partial charge in [0, 0.05) is 5.75 Å². The fourth-order valence-corrected chi connectivity index (χ4v) is 2.29. The fourth-order valence-electron chi connectivity index (χ4n) is 1.66. The van der Waals surface area contributed by atoms with Gasteiger partial charge in [0.05, 0.1) is 5.75 Å². The van der Waals surface area contributed by atoms with Gasteiger partial charge in [-0.05, 0) is 36.4 Å². The SMILES string of the molecule is CCS(=O)(=O)CCOc1ccc(Oc2ccccc2)cc1. The van der Waals surface area contributed by atoms with Crippen molar-refractivity contribution in [3.05, 3.63) is 54.6 Å². The fraction of sp³-hybridized carbons (Fsp3) is 0.250. The summed E-state index contributed by atoms with van der Waals surface area (Å²) in [6.07, 6.45) is 0. The molecule has 0 aliphatic rings. The minimum atomic E-state index is -2.99. The summed E-state index contributed by atoms with van der Waals surface area (Å²) < 4.78 is 33.8. The summed E-state index contributed by atoms with van der Waals surface area (Å²) in [5.41, 5.74) is 0. The predicted octanol–water partition coefficient (Wildman–Crippen LogP) is 3.29. The summed E-state index contributed by atoms with van der Waals surface area (Å²) in [6.45, 7) is 1.79. The van der Waals surface area contributed by atoms with Crippen LogP contribution in [0.5, 0.6) is 17.2 Å². The molecule has 0 saturated heterocycles. The maximum atomic E-state index is 11.3. The number of hydrogen-bond acceptors (Lipinski definition) is 4. The van der Waals surface area contributed by atoms with Crippen LogP contribution in [0.25, 0.3) is 0 Å². The monoisotopic (exact) mass is 306 g/mol. The predicted molar refractivity (Wildman–Crippen MR) is 82.8 cm³/mol. The second-order valence-corrected chi connectivity index (χ2v) is 6.94. The second kappa shape index (κ2) is 7.13. The van der Waals surface area contributed by atoms with Gasteiger partial charge in [-0.1, -0.05) is 25.1 Å². The third kappa shape index (κ3) is 5.11. The van der Waals surface area contributed by atoms with Gasteiger partial charge in [0.15, 0.2) is 9.84 Å². The summed E-state index contributed by atoms with van der Waals surface area (Å²) in [6, 6.07) is 16.6. The van der Waals surface area contributed by atoms with Crippen molar-refractivity contribution in [2.45, 2.75) is 6.92 Å². The highest BCUT2D eigenvalue weighted by molar-refractivity contribution is 7.91. The second-order valence-electron chi connectivity index (χ2n) is 4.47. The molecule has 0 unspecified atom stereocenters. The Hall–Kier alpha value is -2.01. The lowest BCUT2D eigenvalue weighted by atomic mass is 10.3. The van der Waals surface area contributed by atoms with Crippen molar-refractivity contribution >= 4 is 9.84 Å². The molecule has 0 radical (unpaired) electrons. The number of sulfone groups is 1. The van der Waals surface area contributed by atoms with Gasteiger partial charge >= 0.3 is 0 Å². The number of hydrogen-bond donors (Lipinski definition) is 0. The third-order valence-corrected chi connectivity index (χ3v) is 4.57. The van der Waals surface area contributed by atoms with Crippen molar-refractivity contribution in [3.8, 4) is 17.2 Å². The molecule has 0 heterocycles. The van der Waals surface area contributed by atoms with E-state index in [-0.39, 0.29) is 18.1 Å². The van der Waals surface area contributed by atoms with Crippen molar-refractivity contribution in [2.75, 3.05) is 18.1 Å². The number of rotatable bonds is 7. The Morgan fingerprint density at radius 1 is 0.857 bits per heavy atom. The molecule has 0 amide bonds. The van der Waals surface area contributed by atoms with Gasteiger partial charge in [-0.25, -0.2) is 8.42 Å². The molecule has 0 spiro atoms. The summed E-state index contributed by atoms with van der Waals surface area (Å²) in [5, 5.41) is 0. The maximum Gasteiger partial charge on any atom is 0.153 e. The van der Waals surface area contributed by atoms with E-state index in [9.17, 15) is 8.42 Å². The van der Waals surface area contributed by atoms with Crippen LogP contribution in [0.3, 0.4) is 0 Å². The lowest BCUT2D eigenvalue weighted by Crippen LogP contribution is -2.15. The molecule has 0 saturated carbocycles. The van der Waals surface area contributed by atoms with Crippen LogP contribution >= 0.6 is 0 Å². The largest absolute Gasteiger partial charge is 0.493 e. The van der Waals surface area contributed by atoms with Crippen LogP contribution in [0.4, 0.5) is 0 Å². The molecule has 2 aromatic carbocycles. The van der Waals surface area contributed by atoms with Crippen LogP contribution in [-0.2, 0) is 9.84 Å². The van der Waals surface area contributed by atoms with Crippen LogP contribution in [0.1, 0.15) is 6.92 Å². The lowest BCUT2D eigenvalue weighted by molar-refractivity contribution is 0.340. The molecule has 2 aromatic rings. The molecule has 112 valence electrons. The number of para-hydroxylation sites is 1.